The van der Waals surface area contributed by atoms with Gasteiger partial charge in [0, 0.05) is 23.7 Å². The summed E-state index contributed by atoms with van der Waals surface area (Å²) in [6.45, 7) is 8.49. The maximum absolute atomic E-state index is 3.58. The summed E-state index contributed by atoms with van der Waals surface area (Å²) in [5.41, 5.74) is 0. The number of hydrogen-bond acceptors (Lipinski definition) is 3. The standard InChI is InChI=1S/C16H26N2S/c1-15(14-18-10-5-6-11-18)13-17-9-12-19-16-7-3-2-4-8-16/h2-4,7-8,15,17H,5-6,9-14H2,1H3. The van der Waals surface area contributed by atoms with Crippen molar-refractivity contribution >= 4 is 11.8 Å². The quantitative estimate of drug-likeness (QED) is 0.581. The third kappa shape index (κ3) is 5.98. The van der Waals surface area contributed by atoms with Crippen molar-refractivity contribution in [2.75, 3.05) is 38.5 Å². The van der Waals surface area contributed by atoms with Crippen LogP contribution in [0.15, 0.2) is 35.2 Å². The van der Waals surface area contributed by atoms with Crippen LogP contribution in [0.5, 0.6) is 0 Å². The van der Waals surface area contributed by atoms with Crippen molar-refractivity contribution in [3.8, 4) is 0 Å². The van der Waals surface area contributed by atoms with Crippen molar-refractivity contribution in [1.29, 1.82) is 0 Å². The molecule has 19 heavy (non-hydrogen) atoms. The molecule has 1 aliphatic rings. The predicted octanol–water partition coefficient (Wildman–Crippen LogP) is 3.10. The van der Waals surface area contributed by atoms with E-state index in [4.69, 9.17) is 0 Å². The van der Waals surface area contributed by atoms with E-state index in [1.807, 2.05) is 11.8 Å². The van der Waals surface area contributed by atoms with Gasteiger partial charge in [0.2, 0.25) is 0 Å². The Kier molecular flexibility index (Phi) is 6.75. The first-order valence-electron chi connectivity index (χ1n) is 7.45. The molecular weight excluding hydrogens is 252 g/mol. The molecule has 1 atom stereocenters. The minimum absolute atomic E-state index is 0.764. The zero-order valence-corrected chi connectivity index (χ0v) is 12.8. The highest BCUT2D eigenvalue weighted by Crippen LogP contribution is 2.15. The molecule has 0 aliphatic carbocycles. The van der Waals surface area contributed by atoms with Crippen LogP contribution in [0.1, 0.15) is 19.8 Å². The number of rotatable bonds is 8. The van der Waals surface area contributed by atoms with Gasteiger partial charge in [-0.15, -0.1) is 11.8 Å². The van der Waals surface area contributed by atoms with Crippen LogP contribution in [0, 0.1) is 5.92 Å². The van der Waals surface area contributed by atoms with Crippen LogP contribution in [-0.4, -0.2) is 43.4 Å². The number of thioether (sulfide) groups is 1. The second-order valence-electron chi connectivity index (χ2n) is 5.48. The molecule has 0 amide bonds. The summed E-state index contributed by atoms with van der Waals surface area (Å²) in [4.78, 5) is 3.97. The molecule has 0 spiro atoms. The van der Waals surface area contributed by atoms with Crippen molar-refractivity contribution < 1.29 is 0 Å². The van der Waals surface area contributed by atoms with Gasteiger partial charge in [0.05, 0.1) is 0 Å². The fourth-order valence-electron chi connectivity index (χ4n) is 2.58. The van der Waals surface area contributed by atoms with Crippen LogP contribution >= 0.6 is 11.8 Å². The molecule has 1 saturated heterocycles. The first-order valence-corrected chi connectivity index (χ1v) is 8.44. The van der Waals surface area contributed by atoms with E-state index in [-0.39, 0.29) is 0 Å². The van der Waals surface area contributed by atoms with Gasteiger partial charge in [-0.05, 0) is 50.5 Å². The Labute approximate surface area is 122 Å². The largest absolute Gasteiger partial charge is 0.316 e. The maximum atomic E-state index is 3.58. The van der Waals surface area contributed by atoms with Gasteiger partial charge < -0.3 is 10.2 Å². The SMILES string of the molecule is CC(CNCCSc1ccccc1)CN1CCCC1. The normalized spacial score (nSPS) is 17.7. The van der Waals surface area contributed by atoms with Crippen LogP contribution in [0.2, 0.25) is 0 Å². The fraction of sp³-hybridized carbons (Fsp3) is 0.625. The number of nitrogens with one attached hydrogen (secondary N) is 1. The van der Waals surface area contributed by atoms with Crippen molar-refractivity contribution in [2.45, 2.75) is 24.7 Å². The Bertz CT molecular complexity index is 336. The molecule has 0 radical (unpaired) electrons. The fourth-order valence-corrected chi connectivity index (χ4v) is 3.41. The van der Waals surface area contributed by atoms with Gasteiger partial charge in [-0.25, -0.2) is 0 Å². The Morgan fingerprint density at radius 1 is 1.21 bits per heavy atom. The van der Waals surface area contributed by atoms with E-state index < -0.39 is 0 Å². The van der Waals surface area contributed by atoms with Gasteiger partial charge >= 0.3 is 0 Å². The van der Waals surface area contributed by atoms with Gasteiger partial charge in [-0.1, -0.05) is 25.1 Å². The van der Waals surface area contributed by atoms with Gasteiger partial charge in [0.25, 0.3) is 0 Å². The van der Waals surface area contributed by atoms with Crippen molar-refractivity contribution in [3.63, 3.8) is 0 Å². The molecule has 1 aliphatic heterocycles. The molecule has 1 N–H and O–H groups in total. The summed E-state index contributed by atoms with van der Waals surface area (Å²) in [5.74, 6) is 1.92. The third-order valence-corrected chi connectivity index (χ3v) is 4.57. The zero-order chi connectivity index (χ0) is 13.3. The number of nitrogens with zero attached hydrogens (tertiary/aromatic N) is 1. The molecule has 1 fully saturated rings. The summed E-state index contributed by atoms with van der Waals surface area (Å²) >= 11 is 1.93. The average Bonchev–Trinajstić information content (AvgIpc) is 2.92. The monoisotopic (exact) mass is 278 g/mol. The minimum atomic E-state index is 0.764. The lowest BCUT2D eigenvalue weighted by atomic mass is 10.1. The van der Waals surface area contributed by atoms with Gasteiger partial charge in [0.1, 0.15) is 0 Å². The molecule has 3 heteroatoms. The maximum Gasteiger partial charge on any atom is 0.0106 e. The highest BCUT2D eigenvalue weighted by atomic mass is 32.2. The second kappa shape index (κ2) is 8.62. The molecule has 0 saturated carbocycles. The second-order valence-corrected chi connectivity index (χ2v) is 6.65. The highest BCUT2D eigenvalue weighted by molar-refractivity contribution is 7.99. The predicted molar refractivity (Wildman–Crippen MR) is 84.9 cm³/mol. The van der Waals surface area contributed by atoms with Gasteiger partial charge in [-0.2, -0.15) is 0 Å². The number of hydrogen-bond donors (Lipinski definition) is 1. The molecule has 1 aromatic rings. The summed E-state index contributed by atoms with van der Waals surface area (Å²) < 4.78 is 0. The summed E-state index contributed by atoms with van der Waals surface area (Å²) in [6, 6.07) is 10.6. The van der Waals surface area contributed by atoms with Crippen LogP contribution in [-0.2, 0) is 0 Å². The van der Waals surface area contributed by atoms with E-state index in [9.17, 15) is 0 Å². The first-order chi connectivity index (χ1) is 9.34. The van der Waals surface area contributed by atoms with E-state index >= 15 is 0 Å². The van der Waals surface area contributed by atoms with Crippen LogP contribution in [0.25, 0.3) is 0 Å². The van der Waals surface area contributed by atoms with E-state index in [1.54, 1.807) is 0 Å². The summed E-state index contributed by atoms with van der Waals surface area (Å²) in [6.07, 6.45) is 2.79. The molecule has 1 unspecified atom stereocenters. The molecule has 2 nitrogen and oxygen atoms in total. The Morgan fingerprint density at radius 3 is 2.68 bits per heavy atom. The number of benzene rings is 1. The third-order valence-electron chi connectivity index (χ3n) is 3.55. The topological polar surface area (TPSA) is 15.3 Å². The molecule has 0 aromatic heterocycles. The lowest BCUT2D eigenvalue weighted by molar-refractivity contribution is 0.284. The van der Waals surface area contributed by atoms with E-state index in [0.717, 1.165) is 24.8 Å². The Morgan fingerprint density at radius 2 is 1.95 bits per heavy atom. The lowest BCUT2D eigenvalue weighted by Crippen LogP contribution is -2.32. The summed E-state index contributed by atoms with van der Waals surface area (Å²) in [7, 11) is 0. The summed E-state index contributed by atoms with van der Waals surface area (Å²) in [5, 5.41) is 3.58. The lowest BCUT2D eigenvalue weighted by Gasteiger charge is -2.20. The minimum Gasteiger partial charge on any atom is -0.316 e. The molecule has 1 aromatic carbocycles. The smallest absolute Gasteiger partial charge is 0.0106 e. The van der Waals surface area contributed by atoms with Crippen molar-refractivity contribution in [3.05, 3.63) is 30.3 Å². The van der Waals surface area contributed by atoms with Gasteiger partial charge in [-0.3, -0.25) is 0 Å². The zero-order valence-electron chi connectivity index (χ0n) is 12.0. The molecule has 0 bridgehead atoms. The first kappa shape index (κ1) is 14.9. The molecule has 1 heterocycles. The Hall–Kier alpha value is -0.510. The number of likely N-dealkylation sites (tertiary alicyclic amines) is 1. The molecular formula is C16H26N2S. The van der Waals surface area contributed by atoms with E-state index in [0.29, 0.717) is 0 Å². The Balaban J connectivity index is 1.49. The molecule has 106 valence electrons. The van der Waals surface area contributed by atoms with Crippen LogP contribution < -0.4 is 5.32 Å². The van der Waals surface area contributed by atoms with E-state index in [2.05, 4.69) is 47.5 Å². The van der Waals surface area contributed by atoms with Crippen molar-refractivity contribution in [2.24, 2.45) is 5.92 Å². The van der Waals surface area contributed by atoms with Crippen molar-refractivity contribution in [1.82, 2.24) is 10.2 Å². The highest BCUT2D eigenvalue weighted by Gasteiger charge is 2.13. The molecule has 2 rings (SSSR count). The van der Waals surface area contributed by atoms with Crippen LogP contribution in [0.3, 0.4) is 0 Å². The average molecular weight is 278 g/mol. The van der Waals surface area contributed by atoms with Gasteiger partial charge in [0.15, 0.2) is 0 Å². The van der Waals surface area contributed by atoms with Crippen LogP contribution in [0.4, 0.5) is 0 Å². The van der Waals surface area contributed by atoms with E-state index in [1.165, 1.54) is 37.4 Å².